The molecule has 3 aromatic carbocycles. The van der Waals surface area contributed by atoms with Crippen LogP contribution in [-0.4, -0.2) is 40.0 Å². The number of hydrogen-bond donors (Lipinski definition) is 1. The third kappa shape index (κ3) is 9.03. The quantitative estimate of drug-likeness (QED) is 0.230. The summed E-state index contributed by atoms with van der Waals surface area (Å²) in [6, 6.07) is 23.4. The monoisotopic (exact) mass is 533 g/mol. The fourth-order valence-corrected chi connectivity index (χ4v) is 4.79. The van der Waals surface area contributed by atoms with Gasteiger partial charge < -0.3 is 10.2 Å². The second kappa shape index (κ2) is 14.3. The highest BCUT2D eigenvalue weighted by molar-refractivity contribution is 7.99. The molecule has 0 aliphatic rings. The molecule has 0 fully saturated rings. The van der Waals surface area contributed by atoms with E-state index < -0.39 is 11.0 Å². The molecule has 0 aromatic heterocycles. The number of hydrogen-bond acceptors (Lipinski definition) is 5. The lowest BCUT2D eigenvalue weighted by Crippen LogP contribution is -2.51. The molecule has 200 valence electrons. The molecular formula is C30H35N3O4S. The summed E-state index contributed by atoms with van der Waals surface area (Å²) in [4.78, 5) is 39.3. The molecule has 0 aliphatic heterocycles. The van der Waals surface area contributed by atoms with Crippen LogP contribution < -0.4 is 5.32 Å². The van der Waals surface area contributed by atoms with Crippen LogP contribution >= 0.6 is 11.8 Å². The van der Waals surface area contributed by atoms with E-state index in [1.54, 1.807) is 17.0 Å². The number of amides is 2. The van der Waals surface area contributed by atoms with Crippen LogP contribution in [0, 0.1) is 23.0 Å². The van der Waals surface area contributed by atoms with Crippen LogP contribution in [0.1, 0.15) is 36.1 Å². The first-order valence-electron chi connectivity index (χ1n) is 12.7. The lowest BCUT2D eigenvalue weighted by molar-refractivity contribution is -0.384. The van der Waals surface area contributed by atoms with Crippen molar-refractivity contribution in [2.45, 2.75) is 45.5 Å². The van der Waals surface area contributed by atoms with Gasteiger partial charge in [0.25, 0.3) is 5.69 Å². The highest BCUT2D eigenvalue weighted by atomic mass is 32.2. The molecule has 0 heterocycles. The molecule has 0 bridgehead atoms. The predicted molar refractivity (Wildman–Crippen MR) is 153 cm³/mol. The van der Waals surface area contributed by atoms with Gasteiger partial charge in [-0.2, -0.15) is 0 Å². The van der Waals surface area contributed by atoms with Crippen LogP contribution in [0.2, 0.25) is 0 Å². The van der Waals surface area contributed by atoms with Crippen molar-refractivity contribution < 1.29 is 14.5 Å². The number of carbonyl (C=O) groups excluding carboxylic acids is 2. The van der Waals surface area contributed by atoms with Crippen molar-refractivity contribution in [1.82, 2.24) is 10.2 Å². The third-order valence-electron chi connectivity index (χ3n) is 6.07. The van der Waals surface area contributed by atoms with Gasteiger partial charge in [0.05, 0.1) is 10.7 Å². The Morgan fingerprint density at radius 2 is 1.55 bits per heavy atom. The smallest absolute Gasteiger partial charge is 0.269 e. The highest BCUT2D eigenvalue weighted by Crippen LogP contribution is 2.20. The van der Waals surface area contributed by atoms with Gasteiger partial charge in [0.15, 0.2) is 0 Å². The third-order valence-corrected chi connectivity index (χ3v) is 7.06. The molecule has 38 heavy (non-hydrogen) atoms. The summed E-state index contributed by atoms with van der Waals surface area (Å²) in [6.07, 6.45) is 0.412. The number of aryl methyl sites for hydroxylation is 1. The van der Waals surface area contributed by atoms with Crippen molar-refractivity contribution in [1.29, 1.82) is 0 Å². The first-order valence-corrected chi connectivity index (χ1v) is 13.9. The zero-order valence-electron chi connectivity index (χ0n) is 22.1. The summed E-state index contributed by atoms with van der Waals surface area (Å²) in [5, 5.41) is 13.9. The van der Waals surface area contributed by atoms with Crippen LogP contribution in [0.5, 0.6) is 0 Å². The minimum Gasteiger partial charge on any atom is -0.354 e. The first-order chi connectivity index (χ1) is 18.2. The number of nitrogens with zero attached hydrogens (tertiary/aromatic N) is 2. The number of non-ortho nitro benzene ring substituents is 1. The zero-order valence-corrected chi connectivity index (χ0v) is 22.9. The topological polar surface area (TPSA) is 92.6 Å². The maximum absolute atomic E-state index is 13.7. The lowest BCUT2D eigenvalue weighted by atomic mass is 10.0. The minimum atomic E-state index is -0.662. The molecule has 0 saturated carbocycles. The van der Waals surface area contributed by atoms with E-state index in [-0.39, 0.29) is 29.2 Å². The summed E-state index contributed by atoms with van der Waals surface area (Å²) >= 11 is 1.43. The molecular weight excluding hydrogens is 498 g/mol. The normalized spacial score (nSPS) is 11.7. The predicted octanol–water partition coefficient (Wildman–Crippen LogP) is 5.55. The SMILES string of the molecule is Cc1ccc(CN(C(=O)CSCc2ccc([N+](=O)[O-])cc2)[C@H](Cc2ccccc2)C(=O)NCC(C)C)cc1. The van der Waals surface area contributed by atoms with Crippen molar-refractivity contribution in [3.05, 3.63) is 111 Å². The Labute approximate surface area is 228 Å². The van der Waals surface area contributed by atoms with Crippen molar-refractivity contribution in [2.75, 3.05) is 12.3 Å². The highest BCUT2D eigenvalue weighted by Gasteiger charge is 2.30. The van der Waals surface area contributed by atoms with Crippen LogP contribution in [0.4, 0.5) is 5.69 Å². The number of nitrogens with one attached hydrogen (secondary N) is 1. The summed E-state index contributed by atoms with van der Waals surface area (Å²) < 4.78 is 0. The summed E-state index contributed by atoms with van der Waals surface area (Å²) in [5.41, 5.74) is 4.00. The van der Waals surface area contributed by atoms with Gasteiger partial charge in [-0.25, -0.2) is 0 Å². The summed E-state index contributed by atoms with van der Waals surface area (Å²) in [6.45, 7) is 6.95. The largest absolute Gasteiger partial charge is 0.354 e. The molecule has 3 rings (SSSR count). The van der Waals surface area contributed by atoms with Gasteiger partial charge in [-0.3, -0.25) is 19.7 Å². The standard InChI is InChI=1S/C30H35N3O4S/c1-22(2)18-31-30(35)28(17-24-7-5-4-6-8-24)32(19-25-11-9-23(3)10-12-25)29(34)21-38-20-26-13-15-27(16-14-26)33(36)37/h4-16,22,28H,17-21H2,1-3H3,(H,31,35)/t28-/m1/s1. The summed E-state index contributed by atoms with van der Waals surface area (Å²) in [5.74, 6) is 0.715. The van der Waals surface area contributed by atoms with Crippen LogP contribution in [-0.2, 0) is 28.3 Å². The molecule has 0 saturated heterocycles. The fourth-order valence-electron chi connectivity index (χ4n) is 3.92. The lowest BCUT2D eigenvalue weighted by Gasteiger charge is -2.32. The van der Waals surface area contributed by atoms with E-state index in [4.69, 9.17) is 0 Å². The molecule has 0 radical (unpaired) electrons. The number of rotatable bonds is 13. The Morgan fingerprint density at radius 1 is 0.921 bits per heavy atom. The molecule has 1 atom stereocenters. The van der Waals surface area contributed by atoms with E-state index in [2.05, 4.69) is 5.32 Å². The van der Waals surface area contributed by atoms with Gasteiger partial charge >= 0.3 is 0 Å². The van der Waals surface area contributed by atoms with E-state index in [1.165, 1.54) is 23.9 Å². The average Bonchev–Trinajstić information content (AvgIpc) is 2.91. The van der Waals surface area contributed by atoms with E-state index in [9.17, 15) is 19.7 Å². The van der Waals surface area contributed by atoms with Gasteiger partial charge in [-0.15, -0.1) is 11.8 Å². The molecule has 0 spiro atoms. The fraction of sp³-hybridized carbons (Fsp3) is 0.333. The Bertz CT molecular complexity index is 1200. The average molecular weight is 534 g/mol. The van der Waals surface area contributed by atoms with Crippen molar-refractivity contribution in [3.63, 3.8) is 0 Å². The molecule has 0 unspecified atom stereocenters. The number of nitro groups is 1. The zero-order chi connectivity index (χ0) is 27.5. The first kappa shape index (κ1) is 28.9. The number of thioether (sulfide) groups is 1. The Balaban J connectivity index is 1.81. The molecule has 3 aromatic rings. The van der Waals surface area contributed by atoms with Gasteiger partial charge in [0.1, 0.15) is 6.04 Å². The van der Waals surface area contributed by atoms with Gasteiger partial charge in [-0.1, -0.05) is 86.1 Å². The second-order valence-corrected chi connectivity index (χ2v) is 10.8. The summed E-state index contributed by atoms with van der Waals surface area (Å²) in [7, 11) is 0. The maximum Gasteiger partial charge on any atom is 0.269 e. The number of nitro benzene ring substituents is 1. The molecule has 0 aliphatic carbocycles. The number of benzene rings is 3. The van der Waals surface area contributed by atoms with Gasteiger partial charge in [0, 0.05) is 37.4 Å². The molecule has 8 heteroatoms. The van der Waals surface area contributed by atoms with Gasteiger partial charge in [-0.05, 0) is 29.5 Å². The Morgan fingerprint density at radius 3 is 2.16 bits per heavy atom. The van der Waals surface area contributed by atoms with Gasteiger partial charge in [0.2, 0.25) is 11.8 Å². The van der Waals surface area contributed by atoms with Crippen LogP contribution in [0.15, 0.2) is 78.9 Å². The van der Waals surface area contributed by atoms with E-state index >= 15 is 0 Å². The van der Waals surface area contributed by atoms with Crippen LogP contribution in [0.25, 0.3) is 0 Å². The maximum atomic E-state index is 13.7. The molecule has 7 nitrogen and oxygen atoms in total. The van der Waals surface area contributed by atoms with E-state index in [0.29, 0.717) is 25.3 Å². The van der Waals surface area contributed by atoms with Crippen molar-refractivity contribution in [2.24, 2.45) is 5.92 Å². The molecule has 1 N–H and O–H groups in total. The van der Waals surface area contributed by atoms with Crippen LogP contribution in [0.3, 0.4) is 0 Å². The number of carbonyl (C=O) groups is 2. The van der Waals surface area contributed by atoms with E-state index in [0.717, 1.165) is 22.3 Å². The van der Waals surface area contributed by atoms with E-state index in [1.807, 2.05) is 75.4 Å². The van der Waals surface area contributed by atoms with Crippen molar-refractivity contribution >= 4 is 29.3 Å². The van der Waals surface area contributed by atoms with Crippen molar-refractivity contribution in [3.8, 4) is 0 Å². The molecule has 2 amide bonds. The Hall–Kier alpha value is -3.65. The Kier molecular flexibility index (Phi) is 10.9. The minimum absolute atomic E-state index is 0.0373. The second-order valence-electron chi connectivity index (χ2n) is 9.77.